The van der Waals surface area contributed by atoms with Crippen LogP contribution in [0.25, 0.3) is 10.9 Å². The zero-order valence-electron chi connectivity index (χ0n) is 15.2. The number of ether oxygens (including phenoxy) is 1. The second-order valence-corrected chi connectivity index (χ2v) is 7.23. The van der Waals surface area contributed by atoms with E-state index in [4.69, 9.17) is 4.74 Å². The van der Waals surface area contributed by atoms with Gasteiger partial charge in [0.25, 0.3) is 11.5 Å². The molecule has 2 heterocycles. The Kier molecular flexibility index (Phi) is 4.95. The molecule has 140 valence electrons. The normalized spacial score (nSPS) is 10.8. The van der Waals surface area contributed by atoms with E-state index in [1.807, 2.05) is 53.9 Å². The summed E-state index contributed by atoms with van der Waals surface area (Å²) >= 11 is 1.38. The Morgan fingerprint density at radius 3 is 2.57 bits per heavy atom. The van der Waals surface area contributed by atoms with Crippen molar-refractivity contribution in [3.8, 4) is 5.75 Å². The van der Waals surface area contributed by atoms with Gasteiger partial charge in [-0.05, 0) is 53.2 Å². The van der Waals surface area contributed by atoms with Crippen LogP contribution in [0.1, 0.15) is 15.2 Å². The summed E-state index contributed by atoms with van der Waals surface area (Å²) in [6.45, 7) is 0.170. The van der Waals surface area contributed by atoms with Gasteiger partial charge in [-0.15, -0.1) is 11.3 Å². The van der Waals surface area contributed by atoms with Gasteiger partial charge in [0.05, 0.1) is 18.5 Å². The molecule has 1 amide bonds. The molecule has 0 spiro atoms. The Labute approximate surface area is 165 Å². The highest BCUT2D eigenvalue weighted by molar-refractivity contribution is 7.12. The molecule has 0 saturated heterocycles. The minimum atomic E-state index is -0.198. The number of aromatic nitrogens is 1. The van der Waals surface area contributed by atoms with Crippen molar-refractivity contribution >= 4 is 33.8 Å². The predicted molar refractivity (Wildman–Crippen MR) is 112 cm³/mol. The lowest BCUT2D eigenvalue weighted by atomic mass is 10.1. The van der Waals surface area contributed by atoms with Crippen LogP contribution in [0.2, 0.25) is 0 Å². The van der Waals surface area contributed by atoms with Gasteiger partial charge in [-0.2, -0.15) is 0 Å². The van der Waals surface area contributed by atoms with Crippen LogP contribution < -0.4 is 15.2 Å². The van der Waals surface area contributed by atoms with Gasteiger partial charge in [0.1, 0.15) is 5.75 Å². The SMILES string of the molecule is COc1ccc(N(Cc2cc3ccccc3[nH]c2=O)C(=O)c2cccs2)cc1. The van der Waals surface area contributed by atoms with E-state index in [-0.39, 0.29) is 18.0 Å². The van der Waals surface area contributed by atoms with Crippen molar-refractivity contribution in [3.63, 3.8) is 0 Å². The number of aromatic amines is 1. The third-order valence-electron chi connectivity index (χ3n) is 4.52. The number of para-hydroxylation sites is 1. The highest BCUT2D eigenvalue weighted by Crippen LogP contribution is 2.24. The maximum absolute atomic E-state index is 13.1. The third kappa shape index (κ3) is 3.54. The first-order chi connectivity index (χ1) is 13.7. The molecule has 5 nitrogen and oxygen atoms in total. The lowest BCUT2D eigenvalue weighted by molar-refractivity contribution is 0.0989. The number of nitrogens with zero attached hydrogens (tertiary/aromatic N) is 1. The van der Waals surface area contributed by atoms with Gasteiger partial charge in [0.2, 0.25) is 0 Å². The summed E-state index contributed by atoms with van der Waals surface area (Å²) in [5.74, 6) is 0.559. The van der Waals surface area contributed by atoms with Gasteiger partial charge in [-0.3, -0.25) is 9.59 Å². The maximum atomic E-state index is 13.1. The fraction of sp³-hybridized carbons (Fsp3) is 0.0909. The number of anilines is 1. The maximum Gasteiger partial charge on any atom is 0.268 e. The number of H-pyrrole nitrogens is 1. The van der Waals surface area contributed by atoms with Crippen molar-refractivity contribution in [2.45, 2.75) is 6.54 Å². The van der Waals surface area contributed by atoms with Crippen molar-refractivity contribution < 1.29 is 9.53 Å². The van der Waals surface area contributed by atoms with Crippen LogP contribution in [0, 0.1) is 0 Å². The molecule has 0 saturated carbocycles. The summed E-state index contributed by atoms with van der Waals surface area (Å²) in [6, 6.07) is 20.3. The molecule has 0 bridgehead atoms. The lowest BCUT2D eigenvalue weighted by Crippen LogP contribution is -2.32. The van der Waals surface area contributed by atoms with Gasteiger partial charge in [-0.25, -0.2) is 0 Å². The number of rotatable bonds is 5. The smallest absolute Gasteiger partial charge is 0.268 e. The van der Waals surface area contributed by atoms with Gasteiger partial charge in [0.15, 0.2) is 0 Å². The molecule has 0 atom stereocenters. The number of hydrogen-bond donors (Lipinski definition) is 1. The van der Waals surface area contributed by atoms with E-state index in [9.17, 15) is 9.59 Å². The first-order valence-corrected chi connectivity index (χ1v) is 9.64. The van der Waals surface area contributed by atoms with Crippen molar-refractivity contribution in [1.29, 1.82) is 0 Å². The van der Waals surface area contributed by atoms with E-state index in [2.05, 4.69) is 4.98 Å². The molecule has 0 fully saturated rings. The zero-order valence-corrected chi connectivity index (χ0v) is 16.0. The summed E-state index contributed by atoms with van der Waals surface area (Å²) < 4.78 is 5.21. The molecule has 4 aromatic rings. The summed E-state index contributed by atoms with van der Waals surface area (Å²) in [7, 11) is 1.60. The van der Waals surface area contributed by atoms with E-state index in [0.717, 1.165) is 10.9 Å². The van der Waals surface area contributed by atoms with Crippen LogP contribution in [0.15, 0.2) is 76.9 Å². The summed E-state index contributed by atoms with van der Waals surface area (Å²) in [6.07, 6.45) is 0. The van der Waals surface area contributed by atoms with Crippen molar-refractivity contribution in [2.75, 3.05) is 12.0 Å². The minimum Gasteiger partial charge on any atom is -0.497 e. The Morgan fingerprint density at radius 2 is 1.86 bits per heavy atom. The number of hydrogen-bond acceptors (Lipinski definition) is 4. The average Bonchev–Trinajstić information content (AvgIpc) is 3.27. The lowest BCUT2D eigenvalue weighted by Gasteiger charge is -2.22. The Hall–Kier alpha value is -3.38. The molecule has 28 heavy (non-hydrogen) atoms. The Bertz CT molecular complexity index is 1160. The largest absolute Gasteiger partial charge is 0.497 e. The first-order valence-electron chi connectivity index (χ1n) is 8.76. The molecule has 0 aliphatic rings. The summed E-state index contributed by atoms with van der Waals surface area (Å²) in [5.41, 5.74) is 1.80. The quantitative estimate of drug-likeness (QED) is 0.548. The van der Waals surface area contributed by atoms with Crippen LogP contribution in [0.3, 0.4) is 0 Å². The highest BCUT2D eigenvalue weighted by atomic mass is 32.1. The van der Waals surface area contributed by atoms with Crippen molar-refractivity contribution in [2.24, 2.45) is 0 Å². The summed E-state index contributed by atoms with van der Waals surface area (Å²) in [4.78, 5) is 30.9. The van der Waals surface area contributed by atoms with Crippen LogP contribution in [-0.2, 0) is 6.54 Å². The number of pyridine rings is 1. The van der Waals surface area contributed by atoms with E-state index < -0.39 is 0 Å². The van der Waals surface area contributed by atoms with Crippen LogP contribution in [-0.4, -0.2) is 18.0 Å². The second kappa shape index (κ2) is 7.70. The van der Waals surface area contributed by atoms with Gasteiger partial charge in [0, 0.05) is 16.8 Å². The number of carbonyl (C=O) groups excluding carboxylic acids is 1. The number of thiophene rings is 1. The molecule has 1 N–H and O–H groups in total. The highest BCUT2D eigenvalue weighted by Gasteiger charge is 2.20. The molecule has 4 rings (SSSR count). The van der Waals surface area contributed by atoms with E-state index >= 15 is 0 Å². The fourth-order valence-corrected chi connectivity index (χ4v) is 3.73. The first kappa shape index (κ1) is 18.0. The number of carbonyl (C=O) groups is 1. The average molecular weight is 390 g/mol. The van der Waals surface area contributed by atoms with Gasteiger partial charge >= 0.3 is 0 Å². The van der Waals surface area contributed by atoms with Crippen LogP contribution in [0.5, 0.6) is 5.75 Å². The monoisotopic (exact) mass is 390 g/mol. The number of amides is 1. The minimum absolute atomic E-state index is 0.146. The second-order valence-electron chi connectivity index (χ2n) is 6.28. The fourth-order valence-electron chi connectivity index (χ4n) is 3.06. The van der Waals surface area contributed by atoms with Gasteiger partial charge < -0.3 is 14.6 Å². The topological polar surface area (TPSA) is 62.4 Å². The molecule has 0 radical (unpaired) electrons. The van der Waals surface area contributed by atoms with Crippen LogP contribution >= 0.6 is 11.3 Å². The Balaban J connectivity index is 1.76. The molecule has 0 aliphatic heterocycles. The number of methoxy groups -OCH3 is 1. The van der Waals surface area contributed by atoms with Crippen LogP contribution in [0.4, 0.5) is 5.69 Å². The molecule has 0 aliphatic carbocycles. The van der Waals surface area contributed by atoms with E-state index in [1.54, 1.807) is 30.2 Å². The van der Waals surface area contributed by atoms with E-state index in [0.29, 0.717) is 21.9 Å². The molecule has 0 unspecified atom stereocenters. The molecular formula is C22H18N2O3S. The zero-order chi connectivity index (χ0) is 19.5. The standard InChI is InChI=1S/C22H18N2O3S/c1-27-18-10-8-17(9-11-18)24(22(26)20-7-4-12-28-20)14-16-13-15-5-2-3-6-19(15)23-21(16)25/h2-13H,14H2,1H3,(H,23,25). The van der Waals surface area contributed by atoms with Crippen molar-refractivity contribution in [1.82, 2.24) is 4.98 Å². The van der Waals surface area contributed by atoms with E-state index in [1.165, 1.54) is 11.3 Å². The third-order valence-corrected chi connectivity index (χ3v) is 5.38. The van der Waals surface area contributed by atoms with Crippen molar-refractivity contribution in [3.05, 3.63) is 92.9 Å². The molecule has 2 aromatic heterocycles. The Morgan fingerprint density at radius 1 is 1.07 bits per heavy atom. The molecular weight excluding hydrogens is 372 g/mol. The predicted octanol–water partition coefficient (Wildman–Crippen LogP) is 4.45. The van der Waals surface area contributed by atoms with Gasteiger partial charge in [-0.1, -0.05) is 24.3 Å². The summed E-state index contributed by atoms with van der Waals surface area (Å²) in [5, 5.41) is 2.79. The molecule has 6 heteroatoms. The number of benzene rings is 2. The number of nitrogens with one attached hydrogen (secondary N) is 1. The molecule has 2 aromatic carbocycles. The number of fused-ring (bicyclic) bond motifs is 1.